The molecule has 0 aliphatic rings. The van der Waals surface area contributed by atoms with Crippen LogP contribution in [-0.4, -0.2) is 9.55 Å². The van der Waals surface area contributed by atoms with Gasteiger partial charge in [-0.2, -0.15) is 5.26 Å². The van der Waals surface area contributed by atoms with E-state index in [1.54, 1.807) is 6.33 Å². The van der Waals surface area contributed by atoms with Crippen molar-refractivity contribution in [1.29, 1.82) is 5.26 Å². The second-order valence-corrected chi connectivity index (χ2v) is 9.05. The molecular formula is C24H17I2N3O. The Bertz CT molecular complexity index is 1230. The van der Waals surface area contributed by atoms with Crippen LogP contribution in [0.5, 0.6) is 5.75 Å². The van der Waals surface area contributed by atoms with Crippen LogP contribution in [0.4, 0.5) is 0 Å². The number of halogens is 2. The molecule has 1 aromatic heterocycles. The molecule has 0 spiro atoms. The van der Waals surface area contributed by atoms with Gasteiger partial charge in [-0.3, -0.25) is 0 Å². The van der Waals surface area contributed by atoms with E-state index in [-0.39, 0.29) is 0 Å². The van der Waals surface area contributed by atoms with Crippen molar-refractivity contribution < 1.29 is 4.74 Å². The van der Waals surface area contributed by atoms with Gasteiger partial charge in [0, 0.05) is 5.57 Å². The number of hydrogen-bond acceptors (Lipinski definition) is 3. The van der Waals surface area contributed by atoms with E-state index in [4.69, 9.17) is 4.74 Å². The number of rotatable bonds is 6. The first-order valence-electron chi connectivity index (χ1n) is 9.30. The Morgan fingerprint density at radius 2 is 1.73 bits per heavy atom. The molecule has 0 unspecified atom stereocenters. The number of hydrogen-bond donors (Lipinski definition) is 0. The lowest BCUT2D eigenvalue weighted by atomic mass is 10.1. The number of imidazole rings is 1. The van der Waals surface area contributed by atoms with Gasteiger partial charge in [-0.15, -0.1) is 0 Å². The number of aromatic nitrogens is 2. The zero-order valence-corrected chi connectivity index (χ0v) is 20.2. The molecule has 4 rings (SSSR count). The summed E-state index contributed by atoms with van der Waals surface area (Å²) in [6, 6.07) is 24.5. The number of fused-ring (bicyclic) bond motifs is 1. The summed E-state index contributed by atoms with van der Waals surface area (Å²) in [7, 11) is 0. The summed E-state index contributed by atoms with van der Waals surface area (Å²) in [5.74, 6) is 0.872. The quantitative estimate of drug-likeness (QED) is 0.185. The summed E-state index contributed by atoms with van der Waals surface area (Å²) in [5, 5.41) is 9.68. The topological polar surface area (TPSA) is 50.8 Å². The fourth-order valence-electron chi connectivity index (χ4n) is 3.16. The molecule has 4 nitrogen and oxygen atoms in total. The van der Waals surface area contributed by atoms with Crippen LogP contribution in [0.25, 0.3) is 17.1 Å². The number of ether oxygens (including phenoxy) is 1. The minimum atomic E-state index is 0.483. The predicted octanol–water partition coefficient (Wildman–Crippen LogP) is 6.43. The molecular weight excluding hydrogens is 600 g/mol. The van der Waals surface area contributed by atoms with Crippen molar-refractivity contribution in [2.75, 3.05) is 0 Å². The van der Waals surface area contributed by atoms with Crippen LogP contribution < -0.4 is 4.74 Å². The van der Waals surface area contributed by atoms with E-state index in [9.17, 15) is 5.26 Å². The molecule has 30 heavy (non-hydrogen) atoms. The zero-order chi connectivity index (χ0) is 20.9. The van der Waals surface area contributed by atoms with Gasteiger partial charge in [0.1, 0.15) is 12.4 Å². The predicted molar refractivity (Wildman–Crippen MR) is 136 cm³/mol. The SMILES string of the molecule is N#C/C(=C/c1cc(I)c(OCc2ccccc2)c(I)c1)Cn1cnc2ccccc21. The highest BCUT2D eigenvalue weighted by Crippen LogP contribution is 2.30. The number of benzene rings is 3. The maximum Gasteiger partial charge on any atom is 0.146 e. The van der Waals surface area contributed by atoms with Gasteiger partial charge in [0.15, 0.2) is 0 Å². The van der Waals surface area contributed by atoms with Crippen molar-refractivity contribution in [2.24, 2.45) is 0 Å². The molecule has 0 bridgehead atoms. The summed E-state index contributed by atoms with van der Waals surface area (Å²) in [6.45, 7) is 1.01. The monoisotopic (exact) mass is 617 g/mol. The van der Waals surface area contributed by atoms with Gasteiger partial charge >= 0.3 is 0 Å². The first-order valence-corrected chi connectivity index (χ1v) is 11.5. The Hall–Kier alpha value is -2.38. The molecule has 3 aromatic carbocycles. The highest BCUT2D eigenvalue weighted by molar-refractivity contribution is 14.1. The third-order valence-electron chi connectivity index (χ3n) is 4.60. The zero-order valence-electron chi connectivity index (χ0n) is 15.9. The van der Waals surface area contributed by atoms with Crippen LogP contribution in [0.15, 0.2) is 78.6 Å². The van der Waals surface area contributed by atoms with Crippen molar-refractivity contribution in [3.05, 3.63) is 96.9 Å². The second kappa shape index (κ2) is 9.62. The Balaban J connectivity index is 1.55. The molecule has 0 fully saturated rings. The van der Waals surface area contributed by atoms with E-state index in [0.717, 1.165) is 35.1 Å². The van der Waals surface area contributed by atoms with Crippen LogP contribution >= 0.6 is 45.2 Å². The standard InChI is InChI=1S/C24H17I2N3O/c25-20-11-18(12-21(26)24(20)30-15-17-6-2-1-3-7-17)10-19(13-27)14-29-16-28-22-8-4-5-9-23(22)29/h1-12,16H,14-15H2/b19-10-. The fourth-order valence-corrected chi connectivity index (χ4v) is 5.29. The van der Waals surface area contributed by atoms with E-state index < -0.39 is 0 Å². The van der Waals surface area contributed by atoms with Crippen LogP contribution in [-0.2, 0) is 13.2 Å². The Labute approximate surface area is 202 Å². The lowest BCUT2D eigenvalue weighted by Crippen LogP contribution is -2.00. The molecule has 0 radical (unpaired) electrons. The number of nitriles is 1. The lowest BCUT2D eigenvalue weighted by Gasteiger charge is -2.12. The van der Waals surface area contributed by atoms with E-state index in [0.29, 0.717) is 18.7 Å². The van der Waals surface area contributed by atoms with Crippen LogP contribution in [0.1, 0.15) is 11.1 Å². The summed E-state index contributed by atoms with van der Waals surface area (Å²) < 4.78 is 10.1. The molecule has 0 aliphatic heterocycles. The molecule has 148 valence electrons. The molecule has 4 aromatic rings. The lowest BCUT2D eigenvalue weighted by molar-refractivity contribution is 0.301. The fraction of sp³-hybridized carbons (Fsp3) is 0.0833. The molecule has 0 saturated carbocycles. The molecule has 0 amide bonds. The number of nitrogens with zero attached hydrogens (tertiary/aromatic N) is 3. The largest absolute Gasteiger partial charge is 0.487 e. The van der Waals surface area contributed by atoms with Crippen molar-refractivity contribution in [1.82, 2.24) is 9.55 Å². The van der Waals surface area contributed by atoms with Gasteiger partial charge < -0.3 is 9.30 Å². The van der Waals surface area contributed by atoms with E-state index >= 15 is 0 Å². The number of para-hydroxylation sites is 2. The summed E-state index contributed by atoms with van der Waals surface area (Å²) in [6.07, 6.45) is 3.71. The van der Waals surface area contributed by atoms with Gasteiger partial charge in [-0.25, -0.2) is 4.98 Å². The molecule has 0 aliphatic carbocycles. The van der Waals surface area contributed by atoms with Crippen molar-refractivity contribution in [3.8, 4) is 11.8 Å². The summed E-state index contributed by atoms with van der Waals surface area (Å²) in [5.41, 5.74) is 4.73. The second-order valence-electron chi connectivity index (χ2n) is 6.73. The first-order chi connectivity index (χ1) is 14.6. The smallest absolute Gasteiger partial charge is 0.146 e. The minimum absolute atomic E-state index is 0.483. The Morgan fingerprint density at radius 3 is 2.47 bits per heavy atom. The van der Waals surface area contributed by atoms with Crippen LogP contribution in [0, 0.1) is 18.5 Å². The molecule has 1 heterocycles. The summed E-state index contributed by atoms with van der Waals surface area (Å²) >= 11 is 4.58. The minimum Gasteiger partial charge on any atom is -0.487 e. The van der Waals surface area contributed by atoms with Crippen molar-refractivity contribution >= 4 is 62.3 Å². The Kier molecular flexibility index (Phi) is 6.69. The average Bonchev–Trinajstić information content (AvgIpc) is 3.16. The maximum atomic E-state index is 9.68. The third kappa shape index (κ3) is 4.84. The average molecular weight is 617 g/mol. The van der Waals surface area contributed by atoms with Gasteiger partial charge in [0.2, 0.25) is 0 Å². The normalized spacial score (nSPS) is 11.4. The van der Waals surface area contributed by atoms with E-state index in [1.807, 2.05) is 65.2 Å². The van der Waals surface area contributed by atoms with Crippen LogP contribution in [0.3, 0.4) is 0 Å². The van der Waals surface area contributed by atoms with Crippen molar-refractivity contribution in [2.45, 2.75) is 13.2 Å². The molecule has 0 N–H and O–H groups in total. The molecule has 6 heteroatoms. The van der Waals surface area contributed by atoms with Gasteiger partial charge in [0.25, 0.3) is 0 Å². The van der Waals surface area contributed by atoms with E-state index in [2.05, 4.69) is 68.4 Å². The molecule has 0 saturated heterocycles. The Morgan fingerprint density at radius 1 is 1.03 bits per heavy atom. The van der Waals surface area contributed by atoms with Crippen LogP contribution in [0.2, 0.25) is 0 Å². The first kappa shape index (κ1) is 20.9. The highest BCUT2D eigenvalue weighted by atomic mass is 127. The van der Waals surface area contributed by atoms with Gasteiger partial charge in [-0.05, 0) is 86.7 Å². The van der Waals surface area contributed by atoms with Gasteiger partial charge in [-0.1, -0.05) is 42.5 Å². The number of allylic oxidation sites excluding steroid dienone is 1. The maximum absolute atomic E-state index is 9.68. The summed E-state index contributed by atoms with van der Waals surface area (Å²) in [4.78, 5) is 4.41. The highest BCUT2D eigenvalue weighted by Gasteiger charge is 2.10. The third-order valence-corrected chi connectivity index (χ3v) is 6.20. The molecule has 0 atom stereocenters. The van der Waals surface area contributed by atoms with Gasteiger partial charge in [0.05, 0.1) is 37.1 Å². The van der Waals surface area contributed by atoms with E-state index in [1.165, 1.54) is 0 Å². The van der Waals surface area contributed by atoms with Crippen molar-refractivity contribution in [3.63, 3.8) is 0 Å².